The molecule has 8 nitrogen and oxygen atoms in total. The molecule has 0 aliphatic carbocycles. The summed E-state index contributed by atoms with van der Waals surface area (Å²) in [6.45, 7) is 4.52. The van der Waals surface area contributed by atoms with E-state index in [1.165, 1.54) is 7.11 Å². The molecule has 1 amide bonds. The average Bonchev–Trinajstić information content (AvgIpc) is 3.30. The highest BCUT2D eigenvalue weighted by molar-refractivity contribution is 6.02. The minimum absolute atomic E-state index is 0.0234. The molecule has 4 rings (SSSR count). The average molecular weight is 459 g/mol. The molecule has 0 aliphatic heterocycles. The van der Waals surface area contributed by atoms with E-state index < -0.39 is 5.91 Å². The largest absolute Gasteiger partial charge is 0.497 e. The molecule has 0 saturated heterocycles. The summed E-state index contributed by atoms with van der Waals surface area (Å²) < 4.78 is 17.8. The molecule has 0 saturated carbocycles. The fourth-order valence-corrected chi connectivity index (χ4v) is 3.50. The van der Waals surface area contributed by atoms with Crippen molar-refractivity contribution in [3.63, 3.8) is 0 Å². The highest BCUT2D eigenvalue weighted by Gasteiger charge is 2.20. The Labute approximate surface area is 198 Å². The molecule has 1 heterocycles. The Kier molecular flexibility index (Phi) is 6.77. The highest BCUT2D eigenvalue weighted by atomic mass is 16.5. The molecule has 0 aliphatic rings. The third-order valence-electron chi connectivity index (χ3n) is 5.13. The summed E-state index contributed by atoms with van der Waals surface area (Å²) in [5.41, 5.74) is 3.14. The van der Waals surface area contributed by atoms with E-state index in [1.807, 2.05) is 62.4 Å². The number of hydrogen-bond acceptors (Lipinski definition) is 6. The van der Waals surface area contributed by atoms with Gasteiger partial charge in [-0.2, -0.15) is 0 Å². The van der Waals surface area contributed by atoms with Crippen molar-refractivity contribution in [2.24, 2.45) is 0 Å². The molecule has 34 heavy (non-hydrogen) atoms. The fraction of sp³-hybridized carbons (Fsp3) is 0.192. The first-order chi connectivity index (χ1) is 16.5. The van der Waals surface area contributed by atoms with Gasteiger partial charge < -0.3 is 19.5 Å². The number of anilines is 1. The van der Waals surface area contributed by atoms with Crippen molar-refractivity contribution in [1.29, 1.82) is 0 Å². The van der Waals surface area contributed by atoms with Crippen molar-refractivity contribution in [2.75, 3.05) is 26.1 Å². The Bertz CT molecular complexity index is 1300. The lowest BCUT2D eigenvalue weighted by molar-refractivity contribution is 0.101. The minimum atomic E-state index is -0.467. The lowest BCUT2D eigenvalue weighted by Crippen LogP contribution is -2.15. The third-order valence-corrected chi connectivity index (χ3v) is 5.13. The minimum Gasteiger partial charge on any atom is -0.497 e. The zero-order valence-electron chi connectivity index (χ0n) is 19.5. The number of methoxy groups -OCH3 is 2. The van der Waals surface area contributed by atoms with Gasteiger partial charge in [0.15, 0.2) is 5.82 Å². The van der Waals surface area contributed by atoms with E-state index in [9.17, 15) is 4.79 Å². The number of nitrogens with one attached hydrogen (secondary N) is 1. The van der Waals surface area contributed by atoms with Crippen molar-refractivity contribution in [3.8, 4) is 34.3 Å². The summed E-state index contributed by atoms with van der Waals surface area (Å²) in [7, 11) is 3.09. The molecule has 8 heteroatoms. The Balaban J connectivity index is 1.74. The maximum atomic E-state index is 13.2. The molecule has 1 N–H and O–H groups in total. The third kappa shape index (κ3) is 4.85. The molecule has 0 atom stereocenters. The summed E-state index contributed by atoms with van der Waals surface area (Å²) in [6.07, 6.45) is 0. The SMILES string of the molecule is CCOc1ccc(-n2nc(C(=O)Nc3cc(OC)ccc3OC)nc2-c2cccc(C)c2)cc1. The Morgan fingerprint density at radius 3 is 2.41 bits per heavy atom. The molecule has 0 unspecified atom stereocenters. The zero-order valence-corrected chi connectivity index (χ0v) is 19.5. The van der Waals surface area contributed by atoms with E-state index in [2.05, 4.69) is 15.4 Å². The van der Waals surface area contributed by atoms with Crippen LogP contribution in [-0.2, 0) is 0 Å². The molecule has 0 fully saturated rings. The van der Waals surface area contributed by atoms with Gasteiger partial charge in [-0.3, -0.25) is 4.79 Å². The number of carbonyl (C=O) groups is 1. The van der Waals surface area contributed by atoms with Gasteiger partial charge in [0.25, 0.3) is 5.91 Å². The number of nitrogens with zero attached hydrogens (tertiary/aromatic N) is 3. The second-order valence-electron chi connectivity index (χ2n) is 7.49. The molecule has 4 aromatic rings. The smallest absolute Gasteiger partial charge is 0.295 e. The van der Waals surface area contributed by atoms with Crippen molar-refractivity contribution in [1.82, 2.24) is 14.8 Å². The van der Waals surface area contributed by atoms with Gasteiger partial charge in [-0.05, 0) is 56.3 Å². The number of hydrogen-bond donors (Lipinski definition) is 1. The predicted octanol–water partition coefficient (Wildman–Crippen LogP) is 4.91. The van der Waals surface area contributed by atoms with Crippen LogP contribution in [0.1, 0.15) is 23.1 Å². The summed E-state index contributed by atoms with van der Waals surface area (Å²) in [5.74, 6) is 1.95. The predicted molar refractivity (Wildman–Crippen MR) is 130 cm³/mol. The van der Waals surface area contributed by atoms with Crippen LogP contribution in [0.2, 0.25) is 0 Å². The van der Waals surface area contributed by atoms with Gasteiger partial charge in [-0.15, -0.1) is 5.10 Å². The van der Waals surface area contributed by atoms with E-state index in [0.717, 1.165) is 22.6 Å². The second kappa shape index (κ2) is 10.1. The van der Waals surface area contributed by atoms with Crippen molar-refractivity contribution < 1.29 is 19.0 Å². The van der Waals surface area contributed by atoms with Crippen LogP contribution < -0.4 is 19.5 Å². The first-order valence-electron chi connectivity index (χ1n) is 10.8. The molecule has 3 aromatic carbocycles. The second-order valence-corrected chi connectivity index (χ2v) is 7.49. The quantitative estimate of drug-likeness (QED) is 0.404. The first kappa shape index (κ1) is 22.8. The number of benzene rings is 3. The number of aryl methyl sites for hydroxylation is 1. The van der Waals surface area contributed by atoms with Crippen molar-refractivity contribution in [2.45, 2.75) is 13.8 Å². The molecule has 0 bridgehead atoms. The summed E-state index contributed by atoms with van der Waals surface area (Å²) in [4.78, 5) is 17.7. The van der Waals surface area contributed by atoms with E-state index >= 15 is 0 Å². The number of rotatable bonds is 8. The van der Waals surface area contributed by atoms with Crippen LogP contribution in [0.15, 0.2) is 66.7 Å². The molecule has 0 radical (unpaired) electrons. The van der Waals surface area contributed by atoms with E-state index in [4.69, 9.17) is 14.2 Å². The normalized spacial score (nSPS) is 10.6. The lowest BCUT2D eigenvalue weighted by Gasteiger charge is -2.10. The van der Waals surface area contributed by atoms with E-state index in [0.29, 0.717) is 29.6 Å². The van der Waals surface area contributed by atoms with Crippen LogP contribution in [0.5, 0.6) is 17.2 Å². The van der Waals surface area contributed by atoms with E-state index in [-0.39, 0.29) is 5.82 Å². The summed E-state index contributed by atoms with van der Waals surface area (Å²) in [6, 6.07) is 20.5. The van der Waals surface area contributed by atoms with Gasteiger partial charge in [0.05, 0.1) is 32.2 Å². The van der Waals surface area contributed by atoms with Gasteiger partial charge in [-0.25, -0.2) is 9.67 Å². The number of aromatic nitrogens is 3. The van der Waals surface area contributed by atoms with Crippen LogP contribution in [0, 0.1) is 6.92 Å². The molecule has 1 aromatic heterocycles. The zero-order chi connectivity index (χ0) is 24.1. The first-order valence-corrected chi connectivity index (χ1v) is 10.8. The Morgan fingerprint density at radius 2 is 1.74 bits per heavy atom. The highest BCUT2D eigenvalue weighted by Crippen LogP contribution is 2.30. The summed E-state index contributed by atoms with van der Waals surface area (Å²) in [5, 5.41) is 7.37. The number of amides is 1. The van der Waals surface area contributed by atoms with Crippen LogP contribution in [0.25, 0.3) is 17.1 Å². The van der Waals surface area contributed by atoms with Crippen LogP contribution in [0.4, 0.5) is 5.69 Å². The topological polar surface area (TPSA) is 87.5 Å². The van der Waals surface area contributed by atoms with Crippen LogP contribution in [0.3, 0.4) is 0 Å². The number of carbonyl (C=O) groups excluding carboxylic acids is 1. The standard InChI is InChI=1S/C26H26N4O4/c1-5-34-20-11-9-19(10-12-20)30-25(18-8-6-7-17(2)15-18)28-24(29-30)26(31)27-22-16-21(32-3)13-14-23(22)33-4/h6-16H,5H2,1-4H3,(H,27,31). The Morgan fingerprint density at radius 1 is 0.971 bits per heavy atom. The maximum absolute atomic E-state index is 13.2. The van der Waals surface area contributed by atoms with Crippen molar-refractivity contribution in [3.05, 3.63) is 78.1 Å². The summed E-state index contributed by atoms with van der Waals surface area (Å²) >= 11 is 0. The van der Waals surface area contributed by atoms with Crippen molar-refractivity contribution >= 4 is 11.6 Å². The monoisotopic (exact) mass is 458 g/mol. The van der Waals surface area contributed by atoms with Crippen LogP contribution in [-0.4, -0.2) is 41.5 Å². The van der Waals surface area contributed by atoms with E-state index in [1.54, 1.807) is 30.0 Å². The van der Waals surface area contributed by atoms with Crippen LogP contribution >= 0.6 is 0 Å². The molecule has 174 valence electrons. The molecular formula is C26H26N4O4. The molecule has 0 spiro atoms. The van der Waals surface area contributed by atoms with Gasteiger partial charge in [-0.1, -0.05) is 23.8 Å². The maximum Gasteiger partial charge on any atom is 0.295 e. The lowest BCUT2D eigenvalue weighted by atomic mass is 10.1. The van der Waals surface area contributed by atoms with Gasteiger partial charge in [0, 0.05) is 11.6 Å². The fourth-order valence-electron chi connectivity index (χ4n) is 3.50. The van der Waals surface area contributed by atoms with Gasteiger partial charge in [0.1, 0.15) is 17.2 Å². The molecular weight excluding hydrogens is 432 g/mol. The Hall–Kier alpha value is -4.33. The number of ether oxygens (including phenoxy) is 3. The van der Waals surface area contributed by atoms with Gasteiger partial charge >= 0.3 is 0 Å². The van der Waals surface area contributed by atoms with Gasteiger partial charge in [0.2, 0.25) is 5.82 Å².